The SMILES string of the molecule is CSc1ccc(-c2cc3c(cn2)OC(C)(C2CCN(C(=O)OC(C)(C)C)CC2)C3)cc1. The van der Waals surface area contributed by atoms with Crippen molar-refractivity contribution >= 4 is 17.9 Å². The molecule has 1 unspecified atom stereocenters. The van der Waals surface area contributed by atoms with Gasteiger partial charge in [-0.1, -0.05) is 12.1 Å². The highest BCUT2D eigenvalue weighted by atomic mass is 32.2. The zero-order chi connectivity index (χ0) is 22.2. The fourth-order valence-electron chi connectivity index (χ4n) is 4.53. The Bertz CT molecular complexity index is 946. The summed E-state index contributed by atoms with van der Waals surface area (Å²) in [6, 6.07) is 10.7. The van der Waals surface area contributed by atoms with Crippen molar-refractivity contribution in [1.29, 1.82) is 0 Å². The largest absolute Gasteiger partial charge is 0.485 e. The number of carbonyl (C=O) groups excluding carboxylic acids is 1. The third kappa shape index (κ3) is 4.84. The van der Waals surface area contributed by atoms with Crippen molar-refractivity contribution in [2.24, 2.45) is 5.92 Å². The molecule has 1 aromatic heterocycles. The maximum atomic E-state index is 12.4. The van der Waals surface area contributed by atoms with Crippen LogP contribution < -0.4 is 4.74 Å². The monoisotopic (exact) mass is 440 g/mol. The van der Waals surface area contributed by atoms with Gasteiger partial charge in [-0.3, -0.25) is 4.98 Å². The Morgan fingerprint density at radius 2 is 1.90 bits per heavy atom. The van der Waals surface area contributed by atoms with Crippen LogP contribution in [0.4, 0.5) is 4.79 Å². The van der Waals surface area contributed by atoms with Gasteiger partial charge in [0.15, 0.2) is 0 Å². The fourth-order valence-corrected chi connectivity index (χ4v) is 4.93. The molecule has 3 heterocycles. The van der Waals surface area contributed by atoms with E-state index in [1.807, 2.05) is 31.9 Å². The van der Waals surface area contributed by atoms with Crippen molar-refractivity contribution in [3.05, 3.63) is 42.1 Å². The predicted molar refractivity (Wildman–Crippen MR) is 125 cm³/mol. The predicted octanol–water partition coefficient (Wildman–Crippen LogP) is 5.81. The first-order chi connectivity index (χ1) is 14.7. The summed E-state index contributed by atoms with van der Waals surface area (Å²) < 4.78 is 12.0. The van der Waals surface area contributed by atoms with E-state index in [9.17, 15) is 4.79 Å². The molecule has 0 spiro atoms. The van der Waals surface area contributed by atoms with Gasteiger partial charge in [0.25, 0.3) is 0 Å². The van der Waals surface area contributed by atoms with Gasteiger partial charge < -0.3 is 14.4 Å². The van der Waals surface area contributed by atoms with Gasteiger partial charge in [-0.2, -0.15) is 0 Å². The second kappa shape index (κ2) is 8.38. The number of aromatic nitrogens is 1. The number of nitrogens with zero attached hydrogens (tertiary/aromatic N) is 2. The Morgan fingerprint density at radius 1 is 1.23 bits per heavy atom. The Kier molecular flexibility index (Phi) is 5.95. The maximum absolute atomic E-state index is 12.4. The van der Waals surface area contributed by atoms with E-state index < -0.39 is 5.60 Å². The summed E-state index contributed by atoms with van der Waals surface area (Å²) in [6.07, 6.45) is 6.44. The van der Waals surface area contributed by atoms with E-state index in [0.717, 1.165) is 36.3 Å². The second-order valence-electron chi connectivity index (χ2n) is 9.74. The Labute approximate surface area is 189 Å². The van der Waals surface area contributed by atoms with Crippen molar-refractivity contribution in [2.45, 2.75) is 63.1 Å². The number of piperidine rings is 1. The molecule has 5 nitrogen and oxygen atoms in total. The Balaban J connectivity index is 1.42. The minimum atomic E-state index is -0.462. The van der Waals surface area contributed by atoms with Crippen LogP contribution in [0, 0.1) is 5.92 Å². The average Bonchev–Trinajstić information content (AvgIpc) is 3.09. The van der Waals surface area contributed by atoms with Gasteiger partial charge in [0.05, 0.1) is 11.9 Å². The summed E-state index contributed by atoms with van der Waals surface area (Å²) in [6.45, 7) is 9.33. The van der Waals surface area contributed by atoms with E-state index in [4.69, 9.17) is 9.47 Å². The molecule has 0 N–H and O–H groups in total. The van der Waals surface area contributed by atoms with Crippen LogP contribution in [-0.2, 0) is 11.2 Å². The molecule has 0 saturated carbocycles. The number of hydrogen-bond donors (Lipinski definition) is 0. The molecule has 0 radical (unpaired) electrons. The third-order valence-electron chi connectivity index (χ3n) is 6.23. The number of fused-ring (bicyclic) bond motifs is 1. The van der Waals surface area contributed by atoms with Gasteiger partial charge in [-0.25, -0.2) is 4.79 Å². The van der Waals surface area contributed by atoms with Crippen molar-refractivity contribution in [2.75, 3.05) is 19.3 Å². The van der Waals surface area contributed by atoms with Crippen LogP contribution in [0.25, 0.3) is 11.3 Å². The van der Waals surface area contributed by atoms with Crippen molar-refractivity contribution in [3.63, 3.8) is 0 Å². The highest BCUT2D eigenvalue weighted by Crippen LogP contribution is 2.43. The molecular formula is C25H32N2O3S. The van der Waals surface area contributed by atoms with Crippen LogP contribution >= 0.6 is 11.8 Å². The van der Waals surface area contributed by atoms with Crippen LogP contribution in [0.1, 0.15) is 46.1 Å². The van der Waals surface area contributed by atoms with Gasteiger partial charge in [0, 0.05) is 41.5 Å². The summed E-state index contributed by atoms with van der Waals surface area (Å²) in [5.74, 6) is 1.28. The number of rotatable bonds is 3. The average molecular weight is 441 g/mol. The lowest BCUT2D eigenvalue weighted by Gasteiger charge is -2.40. The van der Waals surface area contributed by atoms with Crippen molar-refractivity contribution < 1.29 is 14.3 Å². The quantitative estimate of drug-likeness (QED) is 0.564. The smallest absolute Gasteiger partial charge is 0.410 e. The number of ether oxygens (including phenoxy) is 2. The molecule has 1 atom stereocenters. The summed E-state index contributed by atoms with van der Waals surface area (Å²) in [4.78, 5) is 20.1. The normalized spacial score (nSPS) is 21.5. The lowest BCUT2D eigenvalue weighted by molar-refractivity contribution is -0.00829. The molecule has 31 heavy (non-hydrogen) atoms. The lowest BCUT2D eigenvalue weighted by Crippen LogP contribution is -2.48. The van der Waals surface area contributed by atoms with E-state index in [1.165, 1.54) is 10.5 Å². The molecule has 0 bridgehead atoms. The first-order valence-electron chi connectivity index (χ1n) is 11.0. The van der Waals surface area contributed by atoms with E-state index >= 15 is 0 Å². The van der Waals surface area contributed by atoms with Gasteiger partial charge in [0.1, 0.15) is 17.0 Å². The standard InChI is InChI=1S/C25H32N2O3S/c1-24(2,3)30-23(28)27-12-10-19(11-13-27)25(4)15-18-14-21(26-16-22(18)29-25)17-6-8-20(31-5)9-7-17/h6-9,14,16,19H,10-13,15H2,1-5H3. The Morgan fingerprint density at radius 3 is 2.52 bits per heavy atom. The number of thioether (sulfide) groups is 1. The van der Waals surface area contributed by atoms with Crippen LogP contribution in [0.15, 0.2) is 41.4 Å². The van der Waals surface area contributed by atoms with Gasteiger partial charge >= 0.3 is 6.09 Å². The van der Waals surface area contributed by atoms with Gasteiger partial charge in [-0.15, -0.1) is 11.8 Å². The zero-order valence-electron chi connectivity index (χ0n) is 19.1. The van der Waals surface area contributed by atoms with Gasteiger partial charge in [-0.05, 0) is 65.0 Å². The number of carbonyl (C=O) groups is 1. The van der Waals surface area contributed by atoms with Crippen LogP contribution in [0.2, 0.25) is 0 Å². The number of pyridine rings is 1. The van der Waals surface area contributed by atoms with Crippen LogP contribution in [0.5, 0.6) is 5.75 Å². The molecule has 1 saturated heterocycles. The number of benzene rings is 1. The molecule has 2 aliphatic rings. The first kappa shape index (κ1) is 22.0. The number of likely N-dealkylation sites (tertiary alicyclic amines) is 1. The molecule has 1 amide bonds. The maximum Gasteiger partial charge on any atom is 0.410 e. The van der Waals surface area contributed by atoms with E-state index in [-0.39, 0.29) is 11.7 Å². The van der Waals surface area contributed by atoms with Crippen molar-refractivity contribution in [1.82, 2.24) is 9.88 Å². The first-order valence-corrected chi connectivity index (χ1v) is 12.2. The minimum Gasteiger partial charge on any atom is -0.485 e. The zero-order valence-corrected chi connectivity index (χ0v) is 19.9. The summed E-state index contributed by atoms with van der Waals surface area (Å²) >= 11 is 1.74. The Hall–Kier alpha value is -2.21. The topological polar surface area (TPSA) is 51.7 Å². The fraction of sp³-hybridized carbons (Fsp3) is 0.520. The number of hydrogen-bond acceptors (Lipinski definition) is 5. The third-order valence-corrected chi connectivity index (χ3v) is 6.97. The minimum absolute atomic E-state index is 0.215. The molecule has 1 fully saturated rings. The molecule has 6 heteroatoms. The van der Waals surface area contributed by atoms with E-state index in [1.54, 1.807) is 11.8 Å². The lowest BCUT2D eigenvalue weighted by atomic mass is 9.79. The molecule has 0 aliphatic carbocycles. The van der Waals surface area contributed by atoms with Gasteiger partial charge in [0.2, 0.25) is 0 Å². The van der Waals surface area contributed by atoms with E-state index in [2.05, 4.69) is 48.5 Å². The highest BCUT2D eigenvalue weighted by Gasteiger charge is 2.44. The molecule has 1 aromatic carbocycles. The molecule has 4 rings (SSSR count). The second-order valence-corrected chi connectivity index (χ2v) is 10.6. The summed E-state index contributed by atoms with van der Waals surface area (Å²) in [5, 5.41) is 0. The molecule has 166 valence electrons. The van der Waals surface area contributed by atoms with Crippen LogP contribution in [0.3, 0.4) is 0 Å². The molecule has 2 aliphatic heterocycles. The summed E-state index contributed by atoms with van der Waals surface area (Å²) in [5.41, 5.74) is 2.61. The highest BCUT2D eigenvalue weighted by molar-refractivity contribution is 7.98. The number of amides is 1. The van der Waals surface area contributed by atoms with Crippen LogP contribution in [-0.4, -0.2) is 46.5 Å². The molecular weight excluding hydrogens is 408 g/mol. The summed E-state index contributed by atoms with van der Waals surface area (Å²) in [7, 11) is 0. The molecule has 2 aromatic rings. The van der Waals surface area contributed by atoms with E-state index in [0.29, 0.717) is 19.0 Å². The van der Waals surface area contributed by atoms with Crippen molar-refractivity contribution in [3.8, 4) is 17.0 Å².